The molecule has 4 rings (SSSR count). The minimum absolute atomic E-state index is 0. The van der Waals surface area contributed by atoms with Crippen LogP contribution in [0.3, 0.4) is 0 Å². The first-order valence-electron chi connectivity index (χ1n) is 13.2. The van der Waals surface area contributed by atoms with Gasteiger partial charge in [-0.1, -0.05) is 24.3 Å². The minimum atomic E-state index is -0.244. The van der Waals surface area contributed by atoms with E-state index < -0.39 is 0 Å². The Morgan fingerprint density at radius 3 is 2.15 bits per heavy atom. The number of likely N-dealkylation sites (tertiary alicyclic amines) is 1. The Balaban J connectivity index is 0.00000280. The molecule has 0 amide bonds. The topological polar surface area (TPSA) is 82.3 Å². The van der Waals surface area contributed by atoms with Gasteiger partial charge in [-0.3, -0.25) is 4.79 Å². The summed E-state index contributed by atoms with van der Waals surface area (Å²) in [7, 11) is 1.57. The van der Waals surface area contributed by atoms with E-state index in [1.807, 2.05) is 12.1 Å². The zero-order valence-electron chi connectivity index (χ0n) is 23.4. The number of ketones is 1. The Hall–Kier alpha value is -2.75. The van der Waals surface area contributed by atoms with Gasteiger partial charge >= 0.3 is 0 Å². The number of halogens is 4. The lowest BCUT2D eigenvalue weighted by molar-refractivity contribution is 0.101. The number of benzene rings is 3. The van der Waals surface area contributed by atoms with Crippen LogP contribution in [0, 0.1) is 17.6 Å². The van der Waals surface area contributed by atoms with E-state index in [2.05, 4.69) is 10.2 Å². The van der Waals surface area contributed by atoms with E-state index >= 15 is 0 Å². The molecule has 1 aliphatic rings. The molecule has 3 aromatic carbocycles. The summed E-state index contributed by atoms with van der Waals surface area (Å²) in [6, 6.07) is 18.6. The van der Waals surface area contributed by atoms with Gasteiger partial charge in [0.05, 0.1) is 13.7 Å². The minimum Gasteiger partial charge on any atom is -0.493 e. The van der Waals surface area contributed by atoms with E-state index in [9.17, 15) is 13.6 Å². The van der Waals surface area contributed by atoms with Gasteiger partial charge in [-0.15, -0.1) is 24.8 Å². The quantitative estimate of drug-likeness (QED) is 0.194. The SMILES string of the molecule is COc1cc(C(C)=O)ccc1OCCCN1CCC(C(NCc2ccc(F)cc2)c2ccc(F)cc2)CC1.Cl.Cl.O. The molecule has 0 bridgehead atoms. The number of nitrogens with zero attached hydrogens (tertiary/aromatic N) is 1. The van der Waals surface area contributed by atoms with Crippen LogP contribution in [-0.4, -0.2) is 49.5 Å². The lowest BCUT2D eigenvalue weighted by atomic mass is 9.85. The van der Waals surface area contributed by atoms with Crippen LogP contribution >= 0.6 is 24.8 Å². The van der Waals surface area contributed by atoms with Crippen LogP contribution in [0.5, 0.6) is 11.5 Å². The molecule has 1 heterocycles. The fraction of sp³-hybridized carbons (Fsp3) is 0.387. The smallest absolute Gasteiger partial charge is 0.161 e. The average Bonchev–Trinajstić information content (AvgIpc) is 2.93. The second-order valence-corrected chi connectivity index (χ2v) is 9.84. The highest BCUT2D eigenvalue weighted by Gasteiger charge is 2.27. The maximum Gasteiger partial charge on any atom is 0.161 e. The van der Waals surface area contributed by atoms with E-state index in [1.54, 1.807) is 37.4 Å². The molecule has 3 aromatic rings. The van der Waals surface area contributed by atoms with Crippen molar-refractivity contribution in [2.75, 3.05) is 33.4 Å². The lowest BCUT2D eigenvalue weighted by Gasteiger charge is -2.37. The molecular weight excluding hydrogens is 573 g/mol. The molecule has 10 heteroatoms. The molecule has 0 spiro atoms. The van der Waals surface area contributed by atoms with Gasteiger partial charge in [0.1, 0.15) is 11.6 Å². The molecule has 0 aromatic heterocycles. The van der Waals surface area contributed by atoms with Gasteiger partial charge in [-0.05, 0) is 98.8 Å². The maximum atomic E-state index is 13.6. The predicted octanol–water partition coefficient (Wildman–Crippen LogP) is 6.21. The third-order valence-corrected chi connectivity index (χ3v) is 7.22. The van der Waals surface area contributed by atoms with Gasteiger partial charge in [-0.25, -0.2) is 8.78 Å². The Bertz CT molecular complexity index is 1190. The number of ether oxygens (including phenoxy) is 2. The standard InChI is InChI=1S/C31H36F2N2O3.2ClH.H2O/c1-22(36)26-8-13-29(30(20-26)37-2)38-19-3-16-35-17-14-25(15-18-35)31(24-6-11-28(33)12-7-24)34-21-23-4-9-27(32)10-5-23;;;/h4-13,20,25,31,34H,3,14-19,21H2,1-2H3;2*1H;1H2. The molecule has 6 nitrogen and oxygen atoms in total. The number of carbonyl (C=O) groups is 1. The van der Waals surface area contributed by atoms with E-state index in [1.165, 1.54) is 31.2 Å². The Morgan fingerprint density at radius 2 is 1.56 bits per heavy atom. The summed E-state index contributed by atoms with van der Waals surface area (Å²) in [5.41, 5.74) is 2.69. The number of nitrogens with one attached hydrogen (secondary N) is 1. The van der Waals surface area contributed by atoms with Crippen molar-refractivity contribution >= 4 is 30.6 Å². The van der Waals surface area contributed by atoms with E-state index in [0.717, 1.165) is 50.0 Å². The monoisotopic (exact) mass is 612 g/mol. The predicted molar refractivity (Wildman–Crippen MR) is 163 cm³/mol. The number of carbonyl (C=O) groups excluding carboxylic acids is 1. The first kappa shape index (κ1) is 36.3. The number of methoxy groups -OCH3 is 1. The average molecular weight is 614 g/mol. The second-order valence-electron chi connectivity index (χ2n) is 9.84. The third-order valence-electron chi connectivity index (χ3n) is 7.22. The fourth-order valence-electron chi connectivity index (χ4n) is 5.04. The summed E-state index contributed by atoms with van der Waals surface area (Å²) in [4.78, 5) is 14.1. The van der Waals surface area contributed by atoms with Crippen molar-refractivity contribution in [2.24, 2.45) is 5.92 Å². The van der Waals surface area contributed by atoms with Crippen LogP contribution in [0.2, 0.25) is 0 Å². The molecule has 1 aliphatic heterocycles. The first-order valence-corrected chi connectivity index (χ1v) is 13.2. The maximum absolute atomic E-state index is 13.6. The van der Waals surface area contributed by atoms with Crippen LogP contribution < -0.4 is 14.8 Å². The largest absolute Gasteiger partial charge is 0.493 e. The summed E-state index contributed by atoms with van der Waals surface area (Å²) >= 11 is 0. The van der Waals surface area contributed by atoms with E-state index in [-0.39, 0.29) is 53.7 Å². The summed E-state index contributed by atoms with van der Waals surface area (Å²) < 4.78 is 38.2. The van der Waals surface area contributed by atoms with Crippen LogP contribution in [0.1, 0.15) is 53.7 Å². The van der Waals surface area contributed by atoms with Crippen molar-refractivity contribution in [1.82, 2.24) is 10.2 Å². The van der Waals surface area contributed by atoms with E-state index in [4.69, 9.17) is 9.47 Å². The van der Waals surface area contributed by atoms with Crippen LogP contribution in [0.15, 0.2) is 66.7 Å². The molecule has 41 heavy (non-hydrogen) atoms. The van der Waals surface area contributed by atoms with Crippen LogP contribution in [-0.2, 0) is 6.54 Å². The molecule has 1 saturated heterocycles. The number of hydrogen-bond acceptors (Lipinski definition) is 5. The van der Waals surface area contributed by atoms with Gasteiger partial charge in [-0.2, -0.15) is 0 Å². The lowest BCUT2D eigenvalue weighted by Crippen LogP contribution is -2.39. The van der Waals surface area contributed by atoms with Crippen molar-refractivity contribution in [3.05, 3.63) is 95.1 Å². The second kappa shape index (κ2) is 17.9. The van der Waals surface area contributed by atoms with Crippen molar-refractivity contribution < 1.29 is 28.5 Å². The van der Waals surface area contributed by atoms with Crippen molar-refractivity contribution in [3.63, 3.8) is 0 Å². The fourth-order valence-corrected chi connectivity index (χ4v) is 5.04. The molecule has 3 N–H and O–H groups in total. The highest BCUT2D eigenvalue weighted by Crippen LogP contribution is 2.32. The third kappa shape index (κ3) is 10.5. The number of piperidine rings is 1. The molecule has 1 unspecified atom stereocenters. The van der Waals surface area contributed by atoms with Crippen LogP contribution in [0.4, 0.5) is 8.78 Å². The number of rotatable bonds is 12. The Morgan fingerprint density at radius 1 is 0.951 bits per heavy atom. The molecule has 1 fully saturated rings. The molecule has 0 radical (unpaired) electrons. The summed E-state index contributed by atoms with van der Waals surface area (Å²) in [6.45, 7) is 5.62. The first-order chi connectivity index (χ1) is 18.4. The van der Waals surface area contributed by atoms with E-state index in [0.29, 0.717) is 36.1 Å². The highest BCUT2D eigenvalue weighted by molar-refractivity contribution is 5.94. The zero-order chi connectivity index (χ0) is 26.9. The molecular formula is C31H40Cl2F2N2O4. The molecule has 1 atom stereocenters. The van der Waals surface area contributed by atoms with Crippen molar-refractivity contribution in [2.45, 2.75) is 38.8 Å². The van der Waals surface area contributed by atoms with Crippen LogP contribution in [0.25, 0.3) is 0 Å². The normalized spacial score (nSPS) is 14.1. The van der Waals surface area contributed by atoms with Gasteiger partial charge in [0.25, 0.3) is 0 Å². The van der Waals surface area contributed by atoms with Gasteiger partial charge < -0.3 is 25.2 Å². The summed E-state index contributed by atoms with van der Waals surface area (Å²) in [5, 5.41) is 3.65. The molecule has 0 saturated carbocycles. The summed E-state index contributed by atoms with van der Waals surface area (Å²) in [6.07, 6.45) is 2.94. The zero-order valence-corrected chi connectivity index (χ0v) is 25.0. The number of Topliss-reactive ketones (excluding diaryl/α,β-unsaturated/α-hetero) is 1. The van der Waals surface area contributed by atoms with Gasteiger partial charge in [0.2, 0.25) is 0 Å². The van der Waals surface area contributed by atoms with Gasteiger partial charge in [0, 0.05) is 24.7 Å². The van der Waals surface area contributed by atoms with Gasteiger partial charge in [0.15, 0.2) is 17.3 Å². The van der Waals surface area contributed by atoms with Crippen molar-refractivity contribution in [1.29, 1.82) is 0 Å². The highest BCUT2D eigenvalue weighted by atomic mass is 35.5. The Labute approximate surface area is 253 Å². The Kier molecular flexibility index (Phi) is 15.9. The summed E-state index contributed by atoms with van der Waals surface area (Å²) in [5.74, 6) is 1.13. The molecule has 226 valence electrons. The molecule has 0 aliphatic carbocycles. The van der Waals surface area contributed by atoms with Crippen molar-refractivity contribution in [3.8, 4) is 11.5 Å². The number of hydrogen-bond donors (Lipinski definition) is 1.